The van der Waals surface area contributed by atoms with Crippen LogP contribution in [0.5, 0.6) is 0 Å². The van der Waals surface area contributed by atoms with E-state index >= 15 is 0 Å². The summed E-state index contributed by atoms with van der Waals surface area (Å²) in [5.74, 6) is -0.533. The number of benzene rings is 1. The minimum absolute atomic E-state index is 0.0351. The monoisotopic (exact) mass is 343 g/mol. The molecule has 0 radical (unpaired) electrons. The van der Waals surface area contributed by atoms with Crippen molar-refractivity contribution in [3.05, 3.63) is 23.0 Å². The normalized spacial score (nSPS) is 16.3. The van der Waals surface area contributed by atoms with E-state index in [1.807, 2.05) is 20.8 Å². The molecular formula is C16H23ClFN3O2. The molecule has 23 heavy (non-hydrogen) atoms. The van der Waals surface area contributed by atoms with Crippen molar-refractivity contribution in [2.24, 2.45) is 0 Å². The lowest BCUT2D eigenvalue weighted by Gasteiger charge is -2.34. The van der Waals surface area contributed by atoms with E-state index in [4.69, 9.17) is 22.1 Å². The van der Waals surface area contributed by atoms with Gasteiger partial charge in [-0.15, -0.1) is 0 Å². The summed E-state index contributed by atoms with van der Waals surface area (Å²) in [4.78, 5) is 13.7. The number of nitrogens with two attached hydrogens (primary N) is 1. The van der Waals surface area contributed by atoms with Gasteiger partial charge in [-0.2, -0.15) is 0 Å². The summed E-state index contributed by atoms with van der Waals surface area (Å²) < 4.78 is 18.7. The van der Waals surface area contributed by atoms with Crippen LogP contribution in [0.25, 0.3) is 0 Å². The van der Waals surface area contributed by atoms with E-state index in [1.165, 1.54) is 12.1 Å². The smallest absolute Gasteiger partial charge is 0.410 e. The first-order valence-corrected chi connectivity index (χ1v) is 8.02. The Bertz CT molecular complexity index is 581. The number of hydrogen-bond acceptors (Lipinski definition) is 4. The Labute approximate surface area is 140 Å². The molecule has 1 fully saturated rings. The van der Waals surface area contributed by atoms with Crippen molar-refractivity contribution in [1.29, 1.82) is 0 Å². The van der Waals surface area contributed by atoms with Gasteiger partial charge in [0.25, 0.3) is 0 Å². The Morgan fingerprint density at radius 2 is 2.00 bits per heavy atom. The van der Waals surface area contributed by atoms with Crippen molar-refractivity contribution in [2.75, 3.05) is 24.1 Å². The highest BCUT2D eigenvalue weighted by Crippen LogP contribution is 2.28. The minimum atomic E-state index is -0.533. The summed E-state index contributed by atoms with van der Waals surface area (Å²) >= 11 is 5.79. The summed E-state index contributed by atoms with van der Waals surface area (Å²) in [6.07, 6.45) is 1.22. The zero-order chi connectivity index (χ0) is 17.2. The van der Waals surface area contributed by atoms with Crippen LogP contribution in [-0.2, 0) is 4.74 Å². The standard InChI is InChI=1S/C16H23ClFN3O2/c1-16(2,3)23-15(22)21-6-4-10(5-7-21)20-14-8-11(17)12(18)9-13(14)19/h8-10,20H,4-7,19H2,1-3H3. The van der Waals surface area contributed by atoms with Gasteiger partial charge in [0.15, 0.2) is 0 Å². The van der Waals surface area contributed by atoms with Crippen LogP contribution >= 0.6 is 11.6 Å². The molecule has 1 aromatic rings. The van der Waals surface area contributed by atoms with Crippen LogP contribution in [0.4, 0.5) is 20.6 Å². The highest BCUT2D eigenvalue weighted by molar-refractivity contribution is 6.31. The average molecular weight is 344 g/mol. The molecule has 1 saturated heterocycles. The van der Waals surface area contributed by atoms with Gasteiger partial charge in [-0.05, 0) is 39.7 Å². The molecule has 1 amide bonds. The third-order valence-electron chi connectivity index (χ3n) is 3.60. The van der Waals surface area contributed by atoms with E-state index < -0.39 is 11.4 Å². The molecular weight excluding hydrogens is 321 g/mol. The van der Waals surface area contributed by atoms with Crippen LogP contribution in [0.15, 0.2) is 12.1 Å². The number of carbonyl (C=O) groups is 1. The lowest BCUT2D eigenvalue weighted by molar-refractivity contribution is 0.0210. The predicted molar refractivity (Wildman–Crippen MR) is 90.3 cm³/mol. The van der Waals surface area contributed by atoms with E-state index in [0.717, 1.165) is 12.8 Å². The third-order valence-corrected chi connectivity index (χ3v) is 3.89. The second kappa shape index (κ2) is 6.83. The first-order valence-electron chi connectivity index (χ1n) is 7.64. The number of piperidine rings is 1. The van der Waals surface area contributed by atoms with Crippen LogP contribution < -0.4 is 11.1 Å². The van der Waals surface area contributed by atoms with E-state index in [-0.39, 0.29) is 17.2 Å². The molecule has 1 aliphatic heterocycles. The first kappa shape index (κ1) is 17.7. The number of rotatable bonds is 2. The van der Waals surface area contributed by atoms with Gasteiger partial charge in [0.2, 0.25) is 0 Å². The second-order valence-corrected chi connectivity index (χ2v) is 7.15. The van der Waals surface area contributed by atoms with Gasteiger partial charge in [0.1, 0.15) is 11.4 Å². The highest BCUT2D eigenvalue weighted by atomic mass is 35.5. The van der Waals surface area contributed by atoms with Crippen LogP contribution in [0.2, 0.25) is 5.02 Å². The SMILES string of the molecule is CC(C)(C)OC(=O)N1CCC(Nc2cc(Cl)c(F)cc2N)CC1. The fourth-order valence-corrected chi connectivity index (χ4v) is 2.60. The number of amides is 1. The molecule has 7 heteroatoms. The summed E-state index contributed by atoms with van der Waals surface area (Å²) in [6, 6.07) is 2.85. The van der Waals surface area contributed by atoms with Gasteiger partial charge in [-0.25, -0.2) is 9.18 Å². The van der Waals surface area contributed by atoms with Crippen LogP contribution in [-0.4, -0.2) is 35.7 Å². The van der Waals surface area contributed by atoms with Gasteiger partial charge in [-0.3, -0.25) is 0 Å². The van der Waals surface area contributed by atoms with Gasteiger partial charge in [-0.1, -0.05) is 11.6 Å². The number of halogens is 2. The number of nitrogens with zero attached hydrogens (tertiary/aromatic N) is 1. The lowest BCUT2D eigenvalue weighted by atomic mass is 10.0. The Kier molecular flexibility index (Phi) is 5.24. The van der Waals surface area contributed by atoms with Crippen molar-refractivity contribution >= 4 is 29.1 Å². The summed E-state index contributed by atoms with van der Waals surface area (Å²) in [5, 5.41) is 3.31. The van der Waals surface area contributed by atoms with E-state index in [0.29, 0.717) is 24.5 Å². The molecule has 1 aliphatic rings. The number of hydrogen-bond donors (Lipinski definition) is 2. The summed E-state index contributed by atoms with van der Waals surface area (Å²) in [6.45, 7) is 6.74. The van der Waals surface area contributed by atoms with Gasteiger partial charge < -0.3 is 20.7 Å². The number of nitrogen functional groups attached to an aromatic ring is 1. The molecule has 0 spiro atoms. The first-order chi connectivity index (χ1) is 10.7. The van der Waals surface area contributed by atoms with Gasteiger partial charge in [0, 0.05) is 25.2 Å². The lowest BCUT2D eigenvalue weighted by Crippen LogP contribution is -2.44. The van der Waals surface area contributed by atoms with Gasteiger partial charge in [0.05, 0.1) is 16.4 Å². The van der Waals surface area contributed by atoms with Crippen LogP contribution in [0.1, 0.15) is 33.6 Å². The predicted octanol–water partition coefficient (Wildman–Crippen LogP) is 3.87. The molecule has 1 heterocycles. The van der Waals surface area contributed by atoms with Crippen LogP contribution in [0, 0.1) is 5.82 Å². The molecule has 1 aromatic carbocycles. The topological polar surface area (TPSA) is 67.6 Å². The van der Waals surface area contributed by atoms with E-state index in [9.17, 15) is 9.18 Å². The number of likely N-dealkylation sites (tertiary alicyclic amines) is 1. The number of anilines is 2. The maximum absolute atomic E-state index is 13.3. The van der Waals surface area contributed by atoms with Crippen molar-refractivity contribution in [2.45, 2.75) is 45.3 Å². The molecule has 3 N–H and O–H groups in total. The maximum Gasteiger partial charge on any atom is 0.410 e. The molecule has 0 bridgehead atoms. The van der Waals surface area contributed by atoms with Crippen molar-refractivity contribution < 1.29 is 13.9 Å². The van der Waals surface area contributed by atoms with Gasteiger partial charge >= 0.3 is 6.09 Å². The van der Waals surface area contributed by atoms with Crippen molar-refractivity contribution in [1.82, 2.24) is 4.90 Å². The molecule has 0 aromatic heterocycles. The second-order valence-electron chi connectivity index (χ2n) is 6.74. The van der Waals surface area contributed by atoms with E-state index in [1.54, 1.807) is 4.90 Å². The van der Waals surface area contributed by atoms with E-state index in [2.05, 4.69) is 5.32 Å². The molecule has 0 atom stereocenters. The minimum Gasteiger partial charge on any atom is -0.444 e. The number of carbonyl (C=O) groups excluding carboxylic acids is 1. The highest BCUT2D eigenvalue weighted by Gasteiger charge is 2.27. The Morgan fingerprint density at radius 1 is 1.39 bits per heavy atom. The molecule has 2 rings (SSSR count). The molecule has 128 valence electrons. The Hall–Kier alpha value is -1.69. The summed E-state index contributed by atoms with van der Waals surface area (Å²) in [5.41, 5.74) is 6.25. The zero-order valence-corrected chi connectivity index (χ0v) is 14.4. The van der Waals surface area contributed by atoms with Crippen molar-refractivity contribution in [3.63, 3.8) is 0 Å². The molecule has 0 saturated carbocycles. The molecule has 5 nitrogen and oxygen atoms in total. The Balaban J connectivity index is 1.90. The quantitative estimate of drug-likeness (QED) is 0.800. The fourth-order valence-electron chi connectivity index (χ4n) is 2.44. The third kappa shape index (κ3) is 4.89. The fraction of sp³-hybridized carbons (Fsp3) is 0.562. The Morgan fingerprint density at radius 3 is 2.57 bits per heavy atom. The van der Waals surface area contributed by atoms with Crippen molar-refractivity contribution in [3.8, 4) is 0 Å². The van der Waals surface area contributed by atoms with Crippen LogP contribution in [0.3, 0.4) is 0 Å². The zero-order valence-electron chi connectivity index (χ0n) is 13.7. The molecule has 0 unspecified atom stereocenters. The summed E-state index contributed by atoms with van der Waals surface area (Å²) in [7, 11) is 0. The number of nitrogens with one attached hydrogen (secondary N) is 1. The number of ether oxygens (including phenoxy) is 1. The largest absolute Gasteiger partial charge is 0.444 e. The maximum atomic E-state index is 13.3. The molecule has 0 aliphatic carbocycles. The average Bonchev–Trinajstić information content (AvgIpc) is 2.43.